The van der Waals surface area contributed by atoms with Crippen LogP contribution in [0.4, 0.5) is 0 Å². The topological polar surface area (TPSA) is 189 Å². The lowest BCUT2D eigenvalue weighted by Gasteiger charge is -2.19. The fourth-order valence-electron chi connectivity index (χ4n) is 2.63. The molecule has 154 valence electrons. The summed E-state index contributed by atoms with van der Waals surface area (Å²) in [5.41, 5.74) is 12.1. The van der Waals surface area contributed by atoms with Crippen molar-refractivity contribution in [3.63, 3.8) is 0 Å². The molecule has 1 aromatic rings. The number of sulfonamides is 1. The summed E-state index contributed by atoms with van der Waals surface area (Å²) in [4.78, 5) is 15.3. The highest BCUT2D eigenvalue weighted by Gasteiger charge is 2.28. The number of rotatable bonds is 9. The van der Waals surface area contributed by atoms with Crippen molar-refractivity contribution in [2.45, 2.75) is 44.6 Å². The van der Waals surface area contributed by atoms with Crippen LogP contribution in [0.1, 0.15) is 29.5 Å². The minimum absolute atomic E-state index is 0. The molecule has 1 atom stereocenters. The Morgan fingerprint density at radius 2 is 1.89 bits per heavy atom. The van der Waals surface area contributed by atoms with Gasteiger partial charge in [-0.25, -0.2) is 8.42 Å². The number of hydrogen-bond acceptors (Lipinski definition) is 5. The quantitative estimate of drug-likeness (QED) is 0.244. The van der Waals surface area contributed by atoms with Crippen molar-refractivity contribution in [3.8, 4) is 5.75 Å². The van der Waals surface area contributed by atoms with Gasteiger partial charge in [0.1, 0.15) is 11.8 Å². The van der Waals surface area contributed by atoms with Crippen molar-refractivity contribution in [3.05, 3.63) is 22.8 Å². The van der Waals surface area contributed by atoms with Gasteiger partial charge in [-0.1, -0.05) is 0 Å². The molecule has 0 aliphatic carbocycles. The van der Waals surface area contributed by atoms with Gasteiger partial charge in [-0.2, -0.15) is 4.72 Å². The number of carbonyl (C=O) groups is 1. The lowest BCUT2D eigenvalue weighted by Crippen LogP contribution is -2.41. The van der Waals surface area contributed by atoms with Crippen LogP contribution in [0.25, 0.3) is 0 Å². The average Bonchev–Trinajstić information content (AvgIpc) is 2.53. The first-order chi connectivity index (χ1) is 12.0. The van der Waals surface area contributed by atoms with Crippen molar-refractivity contribution in [1.29, 1.82) is 0 Å². The molecule has 0 amide bonds. The summed E-state index contributed by atoms with van der Waals surface area (Å²) >= 11 is 0. The second kappa shape index (κ2) is 10.1. The number of nitrogens with two attached hydrogens (primary N) is 2. The molecule has 1 rings (SSSR count). The number of carboxylic acids is 1. The third-order valence-electron chi connectivity index (χ3n) is 4.01. The number of hydrogen-bond donors (Lipinski definition) is 4. The van der Waals surface area contributed by atoms with Crippen LogP contribution in [0.5, 0.6) is 5.75 Å². The number of aryl methyl sites for hydroxylation is 1. The fourth-order valence-corrected chi connectivity index (χ4v) is 4.38. The highest BCUT2D eigenvalue weighted by Crippen LogP contribution is 2.30. The van der Waals surface area contributed by atoms with Crippen LogP contribution in [0, 0.1) is 20.8 Å². The molecule has 0 heterocycles. The van der Waals surface area contributed by atoms with E-state index < -0.39 is 22.0 Å². The zero-order chi connectivity index (χ0) is 20.1. The molecule has 0 aromatic heterocycles. The molecule has 0 bridgehead atoms. The highest BCUT2D eigenvalue weighted by molar-refractivity contribution is 7.89. The van der Waals surface area contributed by atoms with E-state index >= 15 is 0 Å². The Kier molecular flexibility index (Phi) is 9.21. The number of aliphatic carboxylic acids is 1. The fraction of sp³-hybridized carbons (Fsp3) is 0.500. The van der Waals surface area contributed by atoms with E-state index in [0.717, 1.165) is 0 Å². The molecule has 0 saturated carbocycles. The van der Waals surface area contributed by atoms with Crippen LogP contribution in [-0.4, -0.2) is 50.6 Å². The number of methoxy groups -OCH3 is 1. The minimum atomic E-state index is -4.04. The van der Waals surface area contributed by atoms with Crippen LogP contribution >= 0.6 is 0 Å². The number of carboxylic acid groups (broad SMARTS) is 1. The first-order valence-corrected chi connectivity index (χ1v) is 9.44. The molecule has 10 nitrogen and oxygen atoms in total. The van der Waals surface area contributed by atoms with Gasteiger partial charge in [0.15, 0.2) is 5.96 Å². The zero-order valence-corrected chi connectivity index (χ0v) is 16.7. The molecule has 27 heavy (non-hydrogen) atoms. The SMILES string of the molecule is COc1cc(C)c(S(=O)(=O)N[C@@H](CCCN=C(N)N)C(=O)O)c(C)c1C.O. The molecule has 8 N–H and O–H groups in total. The number of guanidine groups is 1. The standard InChI is InChI=1S/C16H26N4O5S.H2O/c1-9-8-13(25-4)10(2)11(3)14(9)26(23,24)20-12(15(21)22)6-5-7-19-16(17)18;/h8,12,20H,5-7H2,1-4H3,(H,21,22)(H4,17,18,19);1H2/t12-;/m0./s1. The molecule has 0 radical (unpaired) electrons. The van der Waals surface area contributed by atoms with E-state index in [1.807, 2.05) is 0 Å². The first-order valence-electron chi connectivity index (χ1n) is 7.96. The summed E-state index contributed by atoms with van der Waals surface area (Å²) in [5, 5.41) is 9.34. The summed E-state index contributed by atoms with van der Waals surface area (Å²) < 4.78 is 33.1. The predicted octanol–water partition coefficient (Wildman–Crippen LogP) is -0.419. The van der Waals surface area contributed by atoms with Crippen LogP contribution in [0.3, 0.4) is 0 Å². The van der Waals surface area contributed by atoms with Gasteiger partial charge in [-0.3, -0.25) is 9.79 Å². The molecular weight excluding hydrogens is 376 g/mol. The molecule has 11 heteroatoms. The summed E-state index contributed by atoms with van der Waals surface area (Å²) in [6.07, 6.45) is 0.371. The normalized spacial score (nSPS) is 12.0. The van der Waals surface area contributed by atoms with Crippen molar-refractivity contribution >= 4 is 22.0 Å². The minimum Gasteiger partial charge on any atom is -0.496 e. The third-order valence-corrected chi connectivity index (χ3v) is 5.77. The number of aliphatic imine (C=N–C) groups is 1. The van der Waals surface area contributed by atoms with Gasteiger partial charge < -0.3 is 26.8 Å². The summed E-state index contributed by atoms with van der Waals surface area (Å²) in [7, 11) is -2.53. The maximum absolute atomic E-state index is 12.8. The van der Waals surface area contributed by atoms with Gasteiger partial charge in [0.05, 0.1) is 12.0 Å². The van der Waals surface area contributed by atoms with Crippen molar-refractivity contribution in [1.82, 2.24) is 4.72 Å². The smallest absolute Gasteiger partial charge is 0.321 e. The van der Waals surface area contributed by atoms with Crippen LogP contribution in [0.2, 0.25) is 0 Å². The van der Waals surface area contributed by atoms with E-state index in [1.165, 1.54) is 7.11 Å². The van der Waals surface area contributed by atoms with E-state index in [4.69, 9.17) is 16.2 Å². The average molecular weight is 404 g/mol. The van der Waals surface area contributed by atoms with Crippen LogP contribution in [0.15, 0.2) is 16.0 Å². The Labute approximate surface area is 159 Å². The third kappa shape index (κ3) is 6.38. The second-order valence-corrected chi connectivity index (χ2v) is 7.59. The zero-order valence-electron chi connectivity index (χ0n) is 15.9. The number of ether oxygens (including phenoxy) is 1. The summed E-state index contributed by atoms with van der Waals surface area (Å²) in [6.45, 7) is 5.26. The lowest BCUT2D eigenvalue weighted by atomic mass is 10.1. The Bertz CT molecular complexity index is 804. The maximum Gasteiger partial charge on any atom is 0.321 e. The van der Waals surface area contributed by atoms with Gasteiger partial charge in [-0.05, 0) is 56.4 Å². The molecule has 0 saturated heterocycles. The van der Waals surface area contributed by atoms with Gasteiger partial charge in [-0.15, -0.1) is 0 Å². The molecule has 0 spiro atoms. The van der Waals surface area contributed by atoms with Gasteiger partial charge in [0.25, 0.3) is 0 Å². The van der Waals surface area contributed by atoms with Gasteiger partial charge in [0, 0.05) is 6.54 Å². The van der Waals surface area contributed by atoms with E-state index in [0.29, 0.717) is 28.9 Å². The van der Waals surface area contributed by atoms with Crippen molar-refractivity contribution in [2.75, 3.05) is 13.7 Å². The molecule has 1 aromatic carbocycles. The maximum atomic E-state index is 12.8. The number of nitrogens with one attached hydrogen (secondary N) is 1. The van der Waals surface area contributed by atoms with E-state index in [1.54, 1.807) is 26.8 Å². The summed E-state index contributed by atoms with van der Waals surface area (Å²) in [6, 6.07) is 0.334. The first kappa shape index (κ1) is 24.6. The van der Waals surface area contributed by atoms with Gasteiger partial charge >= 0.3 is 5.97 Å². The lowest BCUT2D eigenvalue weighted by molar-refractivity contribution is -0.139. The van der Waals surface area contributed by atoms with Crippen LogP contribution < -0.4 is 20.9 Å². The molecule has 0 aliphatic heterocycles. The Balaban J connectivity index is 0.00000676. The van der Waals surface area contributed by atoms with E-state index in [-0.39, 0.29) is 29.3 Å². The molecular formula is C16H28N4O6S. The van der Waals surface area contributed by atoms with Crippen LogP contribution in [-0.2, 0) is 14.8 Å². The van der Waals surface area contributed by atoms with Crippen molar-refractivity contribution < 1.29 is 28.5 Å². The van der Waals surface area contributed by atoms with E-state index in [2.05, 4.69) is 9.71 Å². The number of nitrogens with zero attached hydrogens (tertiary/aromatic N) is 1. The second-order valence-electron chi connectivity index (χ2n) is 5.94. The van der Waals surface area contributed by atoms with Gasteiger partial charge in [0.2, 0.25) is 10.0 Å². The van der Waals surface area contributed by atoms with E-state index in [9.17, 15) is 18.3 Å². The molecule has 0 unspecified atom stereocenters. The summed E-state index contributed by atoms with van der Waals surface area (Å²) in [5.74, 6) is -0.790. The predicted molar refractivity (Wildman–Crippen MR) is 102 cm³/mol. The molecule has 0 aliphatic rings. The Morgan fingerprint density at radius 1 is 1.30 bits per heavy atom. The molecule has 0 fully saturated rings. The van der Waals surface area contributed by atoms with Crippen molar-refractivity contribution in [2.24, 2.45) is 16.5 Å². The Hall–Kier alpha value is -2.37. The monoisotopic (exact) mass is 404 g/mol. The largest absolute Gasteiger partial charge is 0.496 e. The number of benzene rings is 1. The Morgan fingerprint density at radius 3 is 2.37 bits per heavy atom. The highest BCUT2D eigenvalue weighted by atomic mass is 32.2.